The van der Waals surface area contributed by atoms with Crippen LogP contribution in [0.3, 0.4) is 0 Å². The molecule has 0 aromatic rings. The van der Waals surface area contributed by atoms with Crippen molar-refractivity contribution in [1.82, 2.24) is 10.2 Å². The van der Waals surface area contributed by atoms with Gasteiger partial charge in [0.1, 0.15) is 0 Å². The molecule has 2 nitrogen and oxygen atoms in total. The van der Waals surface area contributed by atoms with Gasteiger partial charge in [0.2, 0.25) is 0 Å². The Bertz CT molecular complexity index is 191. The average Bonchev–Trinajstić information content (AvgIpc) is 2.15. The van der Waals surface area contributed by atoms with E-state index in [0.29, 0.717) is 12.1 Å². The van der Waals surface area contributed by atoms with E-state index >= 15 is 0 Å². The van der Waals surface area contributed by atoms with E-state index in [9.17, 15) is 0 Å². The fourth-order valence-corrected chi connectivity index (χ4v) is 1.96. The first kappa shape index (κ1) is 15.7. The summed E-state index contributed by atoms with van der Waals surface area (Å²) in [5.41, 5.74) is 0.202. The highest BCUT2D eigenvalue weighted by molar-refractivity contribution is 4.88. The highest BCUT2D eigenvalue weighted by atomic mass is 15.2. The maximum absolute atomic E-state index is 3.86. The normalized spacial score (nSPS) is 14.5. The smallest absolute Gasteiger partial charge is 0.0226 e. The van der Waals surface area contributed by atoms with Gasteiger partial charge in [-0.1, -0.05) is 26.8 Å². The lowest BCUT2D eigenvalue weighted by atomic mass is 10.0. The van der Waals surface area contributed by atoms with Crippen molar-refractivity contribution in [3.63, 3.8) is 0 Å². The molecule has 1 atom stereocenters. The van der Waals surface area contributed by atoms with Crippen molar-refractivity contribution in [3.05, 3.63) is 12.7 Å². The molecule has 2 heteroatoms. The zero-order valence-electron chi connectivity index (χ0n) is 12.0. The Morgan fingerprint density at radius 1 is 1.31 bits per heavy atom. The van der Waals surface area contributed by atoms with Crippen LogP contribution in [-0.2, 0) is 0 Å². The minimum absolute atomic E-state index is 0.202. The van der Waals surface area contributed by atoms with E-state index in [1.165, 1.54) is 6.42 Å². The minimum Gasteiger partial charge on any atom is -0.313 e. The first-order valence-corrected chi connectivity index (χ1v) is 6.44. The molecule has 0 aromatic heterocycles. The molecule has 0 aromatic carbocycles. The Labute approximate surface area is 102 Å². The summed E-state index contributed by atoms with van der Waals surface area (Å²) >= 11 is 0. The quantitative estimate of drug-likeness (QED) is 0.671. The van der Waals surface area contributed by atoms with Crippen LogP contribution in [0.5, 0.6) is 0 Å². The van der Waals surface area contributed by atoms with Crippen molar-refractivity contribution in [2.24, 2.45) is 0 Å². The second-order valence-electron chi connectivity index (χ2n) is 5.74. The summed E-state index contributed by atoms with van der Waals surface area (Å²) in [6.07, 6.45) is 3.17. The second kappa shape index (κ2) is 7.08. The van der Waals surface area contributed by atoms with Gasteiger partial charge in [-0.15, -0.1) is 6.58 Å². The van der Waals surface area contributed by atoms with Gasteiger partial charge < -0.3 is 5.32 Å². The van der Waals surface area contributed by atoms with Gasteiger partial charge >= 0.3 is 0 Å². The van der Waals surface area contributed by atoms with E-state index in [4.69, 9.17) is 0 Å². The van der Waals surface area contributed by atoms with Crippen molar-refractivity contribution >= 4 is 0 Å². The summed E-state index contributed by atoms with van der Waals surface area (Å²) < 4.78 is 0. The molecule has 0 spiro atoms. The van der Waals surface area contributed by atoms with Gasteiger partial charge in [-0.25, -0.2) is 0 Å². The minimum atomic E-state index is 0.202. The topological polar surface area (TPSA) is 15.3 Å². The molecular formula is C14H30N2. The van der Waals surface area contributed by atoms with Crippen molar-refractivity contribution in [2.75, 3.05) is 13.1 Å². The third-order valence-corrected chi connectivity index (χ3v) is 2.86. The van der Waals surface area contributed by atoms with Crippen LogP contribution in [0.4, 0.5) is 0 Å². The van der Waals surface area contributed by atoms with Crippen molar-refractivity contribution in [3.8, 4) is 0 Å². The van der Waals surface area contributed by atoms with Crippen molar-refractivity contribution < 1.29 is 0 Å². The summed E-state index contributed by atoms with van der Waals surface area (Å²) in [5, 5.41) is 3.53. The molecule has 0 rings (SSSR count). The lowest BCUT2D eigenvalue weighted by Crippen LogP contribution is -2.52. The molecule has 96 valence electrons. The maximum Gasteiger partial charge on any atom is 0.0226 e. The van der Waals surface area contributed by atoms with Crippen LogP contribution in [0.1, 0.15) is 48.0 Å². The van der Waals surface area contributed by atoms with E-state index in [1.807, 2.05) is 6.08 Å². The van der Waals surface area contributed by atoms with E-state index in [2.05, 4.69) is 58.3 Å². The average molecular weight is 226 g/mol. The van der Waals surface area contributed by atoms with Crippen LogP contribution < -0.4 is 5.32 Å². The number of nitrogens with zero attached hydrogens (tertiary/aromatic N) is 1. The van der Waals surface area contributed by atoms with E-state index in [0.717, 1.165) is 13.1 Å². The monoisotopic (exact) mass is 226 g/mol. The van der Waals surface area contributed by atoms with Crippen LogP contribution in [0.15, 0.2) is 12.7 Å². The molecule has 0 saturated heterocycles. The van der Waals surface area contributed by atoms with Gasteiger partial charge in [-0.2, -0.15) is 0 Å². The zero-order valence-corrected chi connectivity index (χ0v) is 12.0. The SMILES string of the molecule is C=CCN(C(CC)CNC(C)C)C(C)(C)C. The van der Waals surface area contributed by atoms with Crippen molar-refractivity contribution in [2.45, 2.75) is 65.6 Å². The first-order chi connectivity index (χ1) is 7.32. The molecule has 1 N–H and O–H groups in total. The zero-order chi connectivity index (χ0) is 12.8. The molecule has 0 saturated carbocycles. The largest absolute Gasteiger partial charge is 0.313 e. The number of hydrogen-bond donors (Lipinski definition) is 1. The predicted octanol–water partition coefficient (Wildman–Crippen LogP) is 3.05. The Morgan fingerprint density at radius 2 is 1.88 bits per heavy atom. The van der Waals surface area contributed by atoms with E-state index in [-0.39, 0.29) is 5.54 Å². The molecular weight excluding hydrogens is 196 g/mol. The molecule has 0 bridgehead atoms. The lowest BCUT2D eigenvalue weighted by molar-refractivity contribution is 0.0917. The van der Waals surface area contributed by atoms with Gasteiger partial charge in [-0.05, 0) is 27.2 Å². The van der Waals surface area contributed by atoms with Crippen LogP contribution in [0.2, 0.25) is 0 Å². The molecule has 0 fully saturated rings. The summed E-state index contributed by atoms with van der Waals surface area (Å²) in [5.74, 6) is 0. The van der Waals surface area contributed by atoms with Gasteiger partial charge in [0, 0.05) is 30.7 Å². The fraction of sp³-hybridized carbons (Fsp3) is 0.857. The Balaban J connectivity index is 4.51. The number of nitrogens with one attached hydrogen (secondary N) is 1. The highest BCUT2D eigenvalue weighted by Gasteiger charge is 2.26. The first-order valence-electron chi connectivity index (χ1n) is 6.44. The van der Waals surface area contributed by atoms with Crippen LogP contribution >= 0.6 is 0 Å². The predicted molar refractivity (Wildman–Crippen MR) is 73.9 cm³/mol. The number of hydrogen-bond acceptors (Lipinski definition) is 2. The lowest BCUT2D eigenvalue weighted by Gasteiger charge is -2.41. The van der Waals surface area contributed by atoms with E-state index < -0.39 is 0 Å². The summed E-state index contributed by atoms with van der Waals surface area (Å²) in [6, 6.07) is 1.14. The second-order valence-corrected chi connectivity index (χ2v) is 5.74. The molecule has 0 aliphatic carbocycles. The third kappa shape index (κ3) is 5.66. The molecule has 0 aliphatic rings. The highest BCUT2D eigenvalue weighted by Crippen LogP contribution is 2.18. The van der Waals surface area contributed by atoms with Crippen LogP contribution in [-0.4, -0.2) is 35.6 Å². The molecule has 0 radical (unpaired) electrons. The van der Waals surface area contributed by atoms with Gasteiger partial charge in [0.15, 0.2) is 0 Å². The molecule has 1 unspecified atom stereocenters. The Kier molecular flexibility index (Phi) is 6.93. The van der Waals surface area contributed by atoms with Gasteiger partial charge in [0.25, 0.3) is 0 Å². The number of rotatable bonds is 7. The molecule has 16 heavy (non-hydrogen) atoms. The molecule has 0 aliphatic heterocycles. The van der Waals surface area contributed by atoms with Crippen LogP contribution in [0, 0.1) is 0 Å². The van der Waals surface area contributed by atoms with Gasteiger partial charge in [-0.3, -0.25) is 4.90 Å². The molecule has 0 amide bonds. The summed E-state index contributed by atoms with van der Waals surface area (Å²) in [4.78, 5) is 2.52. The van der Waals surface area contributed by atoms with E-state index in [1.54, 1.807) is 0 Å². The fourth-order valence-electron chi connectivity index (χ4n) is 1.96. The maximum atomic E-state index is 3.86. The summed E-state index contributed by atoms with van der Waals surface area (Å²) in [7, 11) is 0. The molecule has 0 heterocycles. The standard InChI is InChI=1S/C14H30N2/c1-8-10-16(14(5,6)7)13(9-2)11-15-12(3)4/h8,12-13,15H,1,9-11H2,2-7H3. The Morgan fingerprint density at radius 3 is 2.19 bits per heavy atom. The van der Waals surface area contributed by atoms with Crippen LogP contribution in [0.25, 0.3) is 0 Å². The summed E-state index contributed by atoms with van der Waals surface area (Å²) in [6.45, 7) is 19.3. The van der Waals surface area contributed by atoms with Gasteiger partial charge in [0.05, 0.1) is 0 Å². The third-order valence-electron chi connectivity index (χ3n) is 2.86. The van der Waals surface area contributed by atoms with Crippen molar-refractivity contribution in [1.29, 1.82) is 0 Å². The Hall–Kier alpha value is -0.340.